The maximum Gasteiger partial charge on any atom is 0.185 e. The molecule has 1 heterocycles. The number of benzene rings is 1. The Kier molecular flexibility index (Phi) is 3.77. The van der Waals surface area contributed by atoms with Gasteiger partial charge in [0.05, 0.1) is 12.2 Å². The molecule has 0 bridgehead atoms. The second kappa shape index (κ2) is 5.49. The zero-order valence-electron chi connectivity index (χ0n) is 10.1. The van der Waals surface area contributed by atoms with E-state index in [9.17, 15) is 9.18 Å². The lowest BCUT2D eigenvalue weighted by atomic mass is 10.2. The largest absolute Gasteiger partial charge is 0.456 e. The zero-order chi connectivity index (χ0) is 13.0. The van der Waals surface area contributed by atoms with Crippen LogP contribution in [0.15, 0.2) is 40.8 Å². The first-order valence-corrected chi connectivity index (χ1v) is 5.78. The van der Waals surface area contributed by atoms with Gasteiger partial charge in [-0.3, -0.25) is 4.79 Å². The number of aldehydes is 1. The van der Waals surface area contributed by atoms with E-state index < -0.39 is 0 Å². The molecular formula is C14H14FNO2. The molecule has 0 fully saturated rings. The van der Waals surface area contributed by atoms with Gasteiger partial charge in [0.15, 0.2) is 12.0 Å². The molecule has 2 rings (SSSR count). The Labute approximate surface area is 105 Å². The Hall–Kier alpha value is -2.10. The monoisotopic (exact) mass is 247 g/mol. The molecule has 3 nitrogen and oxygen atoms in total. The van der Waals surface area contributed by atoms with E-state index in [1.807, 2.05) is 11.8 Å². The number of carbonyl (C=O) groups excluding carboxylic acids is 1. The maximum absolute atomic E-state index is 13.7. The molecule has 0 saturated heterocycles. The quantitative estimate of drug-likeness (QED) is 0.760. The predicted molar refractivity (Wildman–Crippen MR) is 67.2 cm³/mol. The third-order valence-electron chi connectivity index (χ3n) is 2.72. The molecule has 1 aromatic carbocycles. The molecule has 0 aliphatic carbocycles. The van der Waals surface area contributed by atoms with Crippen LogP contribution in [0.2, 0.25) is 0 Å². The summed E-state index contributed by atoms with van der Waals surface area (Å²) in [6.07, 6.45) is 0.656. The van der Waals surface area contributed by atoms with Gasteiger partial charge in [0, 0.05) is 6.54 Å². The van der Waals surface area contributed by atoms with E-state index in [1.54, 1.807) is 30.3 Å². The van der Waals surface area contributed by atoms with Gasteiger partial charge in [-0.05, 0) is 31.2 Å². The number of para-hydroxylation sites is 1. The molecule has 2 aromatic rings. The van der Waals surface area contributed by atoms with Crippen LogP contribution in [-0.2, 0) is 6.54 Å². The third kappa shape index (κ3) is 2.59. The first-order chi connectivity index (χ1) is 8.74. The lowest BCUT2D eigenvalue weighted by Crippen LogP contribution is -2.22. The number of rotatable bonds is 5. The molecule has 18 heavy (non-hydrogen) atoms. The minimum absolute atomic E-state index is 0.262. The van der Waals surface area contributed by atoms with Crippen LogP contribution in [0, 0.1) is 5.82 Å². The third-order valence-corrected chi connectivity index (χ3v) is 2.72. The molecular weight excluding hydrogens is 233 g/mol. The van der Waals surface area contributed by atoms with Crippen LogP contribution in [-0.4, -0.2) is 12.8 Å². The van der Waals surface area contributed by atoms with Gasteiger partial charge in [-0.25, -0.2) is 4.39 Å². The van der Waals surface area contributed by atoms with Gasteiger partial charge in [-0.15, -0.1) is 0 Å². The number of anilines is 1. The van der Waals surface area contributed by atoms with Crippen molar-refractivity contribution < 1.29 is 13.6 Å². The Balaban J connectivity index is 2.19. The summed E-state index contributed by atoms with van der Waals surface area (Å²) in [5, 5.41) is 0. The van der Waals surface area contributed by atoms with Gasteiger partial charge in [0.2, 0.25) is 0 Å². The summed E-state index contributed by atoms with van der Waals surface area (Å²) in [7, 11) is 0. The molecule has 0 radical (unpaired) electrons. The summed E-state index contributed by atoms with van der Waals surface area (Å²) >= 11 is 0. The topological polar surface area (TPSA) is 33.5 Å². The Morgan fingerprint density at radius 1 is 1.28 bits per heavy atom. The Bertz CT molecular complexity index is 536. The molecule has 0 aliphatic heterocycles. The number of hydrogen-bond donors (Lipinski definition) is 0. The van der Waals surface area contributed by atoms with Gasteiger partial charge in [0.1, 0.15) is 11.6 Å². The molecule has 0 N–H and O–H groups in total. The van der Waals surface area contributed by atoms with Crippen molar-refractivity contribution in [2.45, 2.75) is 13.5 Å². The van der Waals surface area contributed by atoms with Crippen LogP contribution in [0.25, 0.3) is 0 Å². The average molecular weight is 247 g/mol. The first-order valence-electron chi connectivity index (χ1n) is 5.78. The lowest BCUT2D eigenvalue weighted by molar-refractivity contribution is 0.109. The second-order valence-electron chi connectivity index (χ2n) is 3.89. The summed E-state index contributed by atoms with van der Waals surface area (Å²) in [6.45, 7) is 3.03. The highest BCUT2D eigenvalue weighted by molar-refractivity contribution is 5.70. The van der Waals surface area contributed by atoms with Crippen molar-refractivity contribution in [2.24, 2.45) is 0 Å². The van der Waals surface area contributed by atoms with Crippen LogP contribution in [0.1, 0.15) is 23.2 Å². The van der Waals surface area contributed by atoms with Gasteiger partial charge in [-0.2, -0.15) is 0 Å². The first kappa shape index (κ1) is 12.4. The summed E-state index contributed by atoms with van der Waals surface area (Å²) in [5.41, 5.74) is 0.532. The summed E-state index contributed by atoms with van der Waals surface area (Å²) in [5.74, 6) is 0.665. The summed E-state index contributed by atoms with van der Waals surface area (Å²) in [4.78, 5) is 12.4. The molecule has 0 spiro atoms. The Morgan fingerprint density at radius 3 is 2.67 bits per heavy atom. The number of carbonyl (C=O) groups is 1. The SMILES string of the molecule is CCN(Cc1ccc(C=O)o1)c1ccccc1F. The van der Waals surface area contributed by atoms with Crippen LogP contribution in [0.5, 0.6) is 0 Å². The molecule has 1 aromatic heterocycles. The molecule has 0 unspecified atom stereocenters. The van der Waals surface area contributed by atoms with E-state index in [2.05, 4.69) is 0 Å². The highest BCUT2D eigenvalue weighted by Gasteiger charge is 2.11. The number of halogens is 1. The van der Waals surface area contributed by atoms with Gasteiger partial charge >= 0.3 is 0 Å². The van der Waals surface area contributed by atoms with E-state index in [0.717, 1.165) is 0 Å². The van der Waals surface area contributed by atoms with Crippen molar-refractivity contribution in [3.8, 4) is 0 Å². The highest BCUT2D eigenvalue weighted by atomic mass is 19.1. The smallest absolute Gasteiger partial charge is 0.185 e. The lowest BCUT2D eigenvalue weighted by Gasteiger charge is -2.22. The highest BCUT2D eigenvalue weighted by Crippen LogP contribution is 2.21. The maximum atomic E-state index is 13.7. The van der Waals surface area contributed by atoms with E-state index in [4.69, 9.17) is 4.42 Å². The number of hydrogen-bond acceptors (Lipinski definition) is 3. The molecule has 0 amide bonds. The van der Waals surface area contributed by atoms with Crippen LogP contribution in [0.4, 0.5) is 10.1 Å². The standard InChI is InChI=1S/C14H14FNO2/c1-2-16(14-6-4-3-5-13(14)15)9-11-7-8-12(10-17)18-11/h3-8,10H,2,9H2,1H3. The fourth-order valence-corrected chi connectivity index (χ4v) is 1.81. The van der Waals surface area contributed by atoms with Crippen LogP contribution in [0.3, 0.4) is 0 Å². The van der Waals surface area contributed by atoms with Crippen molar-refractivity contribution in [1.29, 1.82) is 0 Å². The van der Waals surface area contributed by atoms with E-state index in [1.165, 1.54) is 6.07 Å². The number of nitrogens with zero attached hydrogens (tertiary/aromatic N) is 1. The molecule has 0 atom stereocenters. The molecule has 4 heteroatoms. The van der Waals surface area contributed by atoms with Crippen LogP contribution >= 0.6 is 0 Å². The van der Waals surface area contributed by atoms with E-state index in [0.29, 0.717) is 30.8 Å². The van der Waals surface area contributed by atoms with Crippen molar-refractivity contribution in [1.82, 2.24) is 0 Å². The summed E-state index contributed by atoms with van der Waals surface area (Å²) < 4.78 is 19.0. The molecule has 0 aliphatic rings. The van der Waals surface area contributed by atoms with Crippen molar-refractivity contribution in [3.05, 3.63) is 53.7 Å². The predicted octanol–water partition coefficient (Wildman–Crippen LogP) is 3.26. The minimum atomic E-state index is -0.262. The van der Waals surface area contributed by atoms with Crippen molar-refractivity contribution >= 4 is 12.0 Å². The van der Waals surface area contributed by atoms with Crippen molar-refractivity contribution in [2.75, 3.05) is 11.4 Å². The minimum Gasteiger partial charge on any atom is -0.456 e. The van der Waals surface area contributed by atoms with E-state index in [-0.39, 0.29) is 11.6 Å². The summed E-state index contributed by atoms with van der Waals surface area (Å²) in [6, 6.07) is 9.94. The van der Waals surface area contributed by atoms with Gasteiger partial charge in [0.25, 0.3) is 0 Å². The van der Waals surface area contributed by atoms with Crippen molar-refractivity contribution in [3.63, 3.8) is 0 Å². The normalized spacial score (nSPS) is 10.3. The van der Waals surface area contributed by atoms with E-state index >= 15 is 0 Å². The fourth-order valence-electron chi connectivity index (χ4n) is 1.81. The zero-order valence-corrected chi connectivity index (χ0v) is 10.1. The molecule has 0 saturated carbocycles. The average Bonchev–Trinajstić information content (AvgIpc) is 2.85. The van der Waals surface area contributed by atoms with Crippen LogP contribution < -0.4 is 4.90 Å². The Morgan fingerprint density at radius 2 is 2.06 bits per heavy atom. The number of furan rings is 1. The molecule has 94 valence electrons. The van der Waals surface area contributed by atoms with Gasteiger partial charge in [-0.1, -0.05) is 12.1 Å². The van der Waals surface area contributed by atoms with Gasteiger partial charge < -0.3 is 9.32 Å². The fraction of sp³-hybridized carbons (Fsp3) is 0.214. The second-order valence-corrected chi connectivity index (χ2v) is 3.89.